The molecule has 16 heavy (non-hydrogen) atoms. The van der Waals surface area contributed by atoms with E-state index in [0.717, 1.165) is 12.0 Å². The highest BCUT2D eigenvalue weighted by molar-refractivity contribution is 5.66. The van der Waals surface area contributed by atoms with Crippen molar-refractivity contribution < 1.29 is 9.47 Å². The van der Waals surface area contributed by atoms with Crippen LogP contribution in [-0.4, -0.2) is 20.5 Å². The minimum absolute atomic E-state index is 0.211. The van der Waals surface area contributed by atoms with Gasteiger partial charge < -0.3 is 9.47 Å². The lowest BCUT2D eigenvalue weighted by Crippen LogP contribution is -2.13. The van der Waals surface area contributed by atoms with Gasteiger partial charge in [0.15, 0.2) is 6.29 Å². The van der Waals surface area contributed by atoms with Gasteiger partial charge in [0.25, 0.3) is 0 Å². The lowest BCUT2D eigenvalue weighted by Gasteiger charge is -2.16. The zero-order valence-corrected chi connectivity index (χ0v) is 10.3. The Kier molecular flexibility index (Phi) is 5.23. The van der Waals surface area contributed by atoms with E-state index in [9.17, 15) is 0 Å². The lowest BCUT2D eigenvalue weighted by molar-refractivity contribution is -0.0971. The molecule has 0 amide bonds. The molecule has 0 saturated carbocycles. The summed E-state index contributed by atoms with van der Waals surface area (Å²) in [6.07, 6.45) is 1.50. The Labute approximate surface area is 97.9 Å². The third-order valence-corrected chi connectivity index (χ3v) is 2.72. The van der Waals surface area contributed by atoms with Crippen LogP contribution in [0.25, 0.3) is 5.57 Å². The van der Waals surface area contributed by atoms with Gasteiger partial charge in [-0.1, -0.05) is 37.8 Å². The van der Waals surface area contributed by atoms with E-state index in [1.165, 1.54) is 11.1 Å². The van der Waals surface area contributed by atoms with Crippen LogP contribution >= 0.6 is 0 Å². The molecule has 0 N–H and O–H groups in total. The zero-order chi connectivity index (χ0) is 12.0. The SMILES string of the molecule is C=C(CC(OC)OC)c1ccccc1CC. The molecule has 2 nitrogen and oxygen atoms in total. The molecule has 0 heterocycles. The maximum atomic E-state index is 5.18. The highest BCUT2D eigenvalue weighted by Gasteiger charge is 2.10. The minimum atomic E-state index is -0.211. The normalized spacial score (nSPS) is 10.8. The Bertz CT molecular complexity index is 340. The van der Waals surface area contributed by atoms with Gasteiger partial charge in [0.1, 0.15) is 0 Å². The monoisotopic (exact) mass is 220 g/mol. The fourth-order valence-corrected chi connectivity index (χ4v) is 1.75. The number of rotatable bonds is 6. The van der Waals surface area contributed by atoms with Gasteiger partial charge in [0, 0.05) is 20.6 Å². The van der Waals surface area contributed by atoms with Crippen LogP contribution in [0, 0.1) is 0 Å². The summed E-state index contributed by atoms with van der Waals surface area (Å²) in [7, 11) is 3.29. The van der Waals surface area contributed by atoms with E-state index in [1.807, 2.05) is 6.07 Å². The standard InChI is InChI=1S/C14H20O2/c1-5-12-8-6-7-9-13(12)11(2)10-14(15-3)16-4/h6-9,14H,2,5,10H2,1,3-4H3. The summed E-state index contributed by atoms with van der Waals surface area (Å²) in [5, 5.41) is 0. The average molecular weight is 220 g/mol. The molecule has 0 aromatic heterocycles. The van der Waals surface area contributed by atoms with E-state index < -0.39 is 0 Å². The summed E-state index contributed by atoms with van der Waals surface area (Å²) in [5.41, 5.74) is 3.59. The molecule has 0 bridgehead atoms. The second-order valence-corrected chi connectivity index (χ2v) is 3.72. The highest BCUT2D eigenvalue weighted by atomic mass is 16.7. The molecule has 0 aliphatic rings. The summed E-state index contributed by atoms with van der Waals surface area (Å²) >= 11 is 0. The zero-order valence-electron chi connectivity index (χ0n) is 10.3. The lowest BCUT2D eigenvalue weighted by atomic mass is 9.97. The van der Waals surface area contributed by atoms with Crippen molar-refractivity contribution in [2.24, 2.45) is 0 Å². The summed E-state index contributed by atoms with van der Waals surface area (Å²) in [6, 6.07) is 8.33. The molecule has 0 aliphatic carbocycles. The molecule has 0 radical (unpaired) electrons. The van der Waals surface area contributed by atoms with E-state index in [1.54, 1.807) is 14.2 Å². The van der Waals surface area contributed by atoms with Crippen LogP contribution in [0.15, 0.2) is 30.8 Å². The Morgan fingerprint density at radius 3 is 2.44 bits per heavy atom. The summed E-state index contributed by atoms with van der Waals surface area (Å²) in [4.78, 5) is 0. The van der Waals surface area contributed by atoms with Crippen molar-refractivity contribution in [1.29, 1.82) is 0 Å². The Hall–Kier alpha value is -1.12. The molecule has 0 saturated heterocycles. The van der Waals surface area contributed by atoms with Crippen LogP contribution < -0.4 is 0 Å². The van der Waals surface area contributed by atoms with Crippen LogP contribution in [0.1, 0.15) is 24.5 Å². The first-order valence-corrected chi connectivity index (χ1v) is 5.54. The fraction of sp³-hybridized carbons (Fsp3) is 0.429. The number of methoxy groups -OCH3 is 2. The maximum Gasteiger partial charge on any atom is 0.160 e. The van der Waals surface area contributed by atoms with Gasteiger partial charge in [-0.3, -0.25) is 0 Å². The maximum absolute atomic E-state index is 5.18. The van der Waals surface area contributed by atoms with E-state index in [4.69, 9.17) is 9.47 Å². The minimum Gasteiger partial charge on any atom is -0.356 e. The first-order valence-electron chi connectivity index (χ1n) is 5.54. The number of hydrogen-bond acceptors (Lipinski definition) is 2. The Balaban J connectivity index is 2.79. The van der Waals surface area contributed by atoms with Crippen LogP contribution in [-0.2, 0) is 15.9 Å². The molecule has 0 atom stereocenters. The molecule has 88 valence electrons. The van der Waals surface area contributed by atoms with Crippen molar-refractivity contribution in [3.05, 3.63) is 42.0 Å². The first-order chi connectivity index (χ1) is 7.72. The molecule has 1 aromatic carbocycles. The van der Waals surface area contributed by atoms with Crippen molar-refractivity contribution >= 4 is 5.57 Å². The van der Waals surface area contributed by atoms with Gasteiger partial charge in [-0.25, -0.2) is 0 Å². The molecule has 0 fully saturated rings. The molecule has 1 rings (SSSR count). The van der Waals surface area contributed by atoms with Gasteiger partial charge in [0.05, 0.1) is 0 Å². The highest BCUT2D eigenvalue weighted by Crippen LogP contribution is 2.23. The number of aryl methyl sites for hydroxylation is 1. The number of ether oxygens (including phenoxy) is 2. The molecule has 0 unspecified atom stereocenters. The molecular formula is C14H20O2. The molecule has 0 aliphatic heterocycles. The quantitative estimate of drug-likeness (QED) is 0.685. The van der Waals surface area contributed by atoms with Crippen LogP contribution in [0.2, 0.25) is 0 Å². The molecular weight excluding hydrogens is 200 g/mol. The van der Waals surface area contributed by atoms with Crippen molar-refractivity contribution in [2.75, 3.05) is 14.2 Å². The van der Waals surface area contributed by atoms with Crippen LogP contribution in [0.5, 0.6) is 0 Å². The average Bonchev–Trinajstić information content (AvgIpc) is 2.35. The molecule has 0 spiro atoms. The third kappa shape index (κ3) is 3.19. The van der Waals surface area contributed by atoms with E-state index in [0.29, 0.717) is 6.42 Å². The van der Waals surface area contributed by atoms with Crippen molar-refractivity contribution in [1.82, 2.24) is 0 Å². The fourth-order valence-electron chi connectivity index (χ4n) is 1.75. The Morgan fingerprint density at radius 2 is 1.88 bits per heavy atom. The van der Waals surface area contributed by atoms with Crippen LogP contribution in [0.3, 0.4) is 0 Å². The van der Waals surface area contributed by atoms with Crippen molar-refractivity contribution in [2.45, 2.75) is 26.1 Å². The second-order valence-electron chi connectivity index (χ2n) is 3.72. The third-order valence-electron chi connectivity index (χ3n) is 2.72. The molecule has 1 aromatic rings. The smallest absolute Gasteiger partial charge is 0.160 e. The van der Waals surface area contributed by atoms with Gasteiger partial charge in [-0.15, -0.1) is 0 Å². The predicted octanol–water partition coefficient (Wildman–Crippen LogP) is 3.27. The summed E-state index contributed by atoms with van der Waals surface area (Å²) in [5.74, 6) is 0. The van der Waals surface area contributed by atoms with E-state index in [-0.39, 0.29) is 6.29 Å². The number of hydrogen-bond donors (Lipinski definition) is 0. The largest absolute Gasteiger partial charge is 0.356 e. The Morgan fingerprint density at radius 1 is 1.25 bits per heavy atom. The van der Waals surface area contributed by atoms with Crippen molar-refractivity contribution in [3.8, 4) is 0 Å². The van der Waals surface area contributed by atoms with Gasteiger partial charge in [0.2, 0.25) is 0 Å². The summed E-state index contributed by atoms with van der Waals surface area (Å²) < 4.78 is 10.4. The van der Waals surface area contributed by atoms with Gasteiger partial charge in [-0.05, 0) is 23.1 Å². The molecule has 2 heteroatoms. The first kappa shape index (κ1) is 12.9. The predicted molar refractivity (Wildman–Crippen MR) is 67.3 cm³/mol. The van der Waals surface area contributed by atoms with Crippen molar-refractivity contribution in [3.63, 3.8) is 0 Å². The summed E-state index contributed by atoms with van der Waals surface area (Å²) in [6.45, 7) is 6.26. The number of benzene rings is 1. The van der Waals surface area contributed by atoms with E-state index >= 15 is 0 Å². The van der Waals surface area contributed by atoms with Crippen LogP contribution in [0.4, 0.5) is 0 Å². The second kappa shape index (κ2) is 6.46. The topological polar surface area (TPSA) is 18.5 Å². The van der Waals surface area contributed by atoms with Gasteiger partial charge >= 0.3 is 0 Å². The van der Waals surface area contributed by atoms with Gasteiger partial charge in [-0.2, -0.15) is 0 Å². The van der Waals surface area contributed by atoms with E-state index in [2.05, 4.69) is 31.7 Å².